The third-order valence-corrected chi connectivity index (χ3v) is 75.7. The fraction of sp³-hybridized carbons (Fsp3) is 0.571. The van der Waals surface area contributed by atoms with Crippen LogP contribution in [0.4, 0.5) is 0 Å². The summed E-state index contributed by atoms with van der Waals surface area (Å²) in [5.74, 6) is 5.61. The van der Waals surface area contributed by atoms with Crippen LogP contribution in [0.15, 0.2) is 107 Å². The van der Waals surface area contributed by atoms with E-state index in [0.717, 1.165) is 48.3 Å². The van der Waals surface area contributed by atoms with Gasteiger partial charge in [-0.05, 0) is 230 Å². The van der Waals surface area contributed by atoms with Gasteiger partial charge in [0.25, 0.3) is 0 Å². The lowest BCUT2D eigenvalue weighted by atomic mass is 9.72. The number of benzene rings is 4. The summed E-state index contributed by atoms with van der Waals surface area (Å²) in [5.41, 5.74) is 9.12. The zero-order chi connectivity index (χ0) is 47.7. The molecule has 10 unspecified atom stereocenters. The maximum absolute atomic E-state index is 3.11. The predicted octanol–water partition coefficient (Wildman–Crippen LogP) is 23.1. The summed E-state index contributed by atoms with van der Waals surface area (Å²) in [7, 11) is 22.1. The summed E-state index contributed by atoms with van der Waals surface area (Å²) in [4.78, 5) is 3.07. The fourth-order valence-corrected chi connectivity index (χ4v) is 55.4. The van der Waals surface area contributed by atoms with E-state index >= 15 is 0 Å². The van der Waals surface area contributed by atoms with Crippen molar-refractivity contribution in [1.29, 1.82) is 0 Å². The Morgan fingerprint density at radius 3 is 0.814 bits per heavy atom. The fourth-order valence-electron chi connectivity index (χ4n) is 10.7. The topological polar surface area (TPSA) is 0 Å². The Hall–Kier alpha value is 2.48. The van der Waals surface area contributed by atoms with Crippen molar-refractivity contribution in [3.05, 3.63) is 130 Å². The van der Waals surface area contributed by atoms with E-state index in [1.807, 2.05) is 0 Å². The normalized spacial score (nSPS) is 23.2. The number of aryl methyl sites for hydroxylation is 2. The molecule has 0 N–H and O–H groups in total. The molecular formula is C56H96P12S2. The molecule has 0 saturated heterocycles. The Labute approximate surface area is 458 Å². The van der Waals surface area contributed by atoms with Crippen LogP contribution in [0.3, 0.4) is 0 Å². The first-order valence-electron chi connectivity index (χ1n) is 25.1. The third-order valence-electron chi connectivity index (χ3n) is 14.9. The van der Waals surface area contributed by atoms with Gasteiger partial charge in [0.15, 0.2) is 0 Å². The molecule has 4 aromatic rings. The summed E-state index contributed by atoms with van der Waals surface area (Å²) < 4.78 is 0. The molecule has 392 valence electrons. The van der Waals surface area contributed by atoms with Gasteiger partial charge in [-0.25, -0.2) is 0 Å². The van der Waals surface area contributed by atoms with Crippen LogP contribution in [0, 0.1) is 35.5 Å². The molecule has 3 aliphatic carbocycles. The molecule has 70 heavy (non-hydrogen) atoms. The first-order chi connectivity index (χ1) is 32.3. The van der Waals surface area contributed by atoms with Crippen molar-refractivity contribution in [1.82, 2.24) is 0 Å². The third kappa shape index (κ3) is 23.4. The Kier molecular flexibility index (Phi) is 34.2. The van der Waals surface area contributed by atoms with E-state index in [2.05, 4.69) is 177 Å². The SMILES string of the molecule is C.C.C.CCc1ccc(CC2CCC(CC3CCC(Cc4ccc(S(C)=PP(P)P(P)P)cc4)CC3)CC2)cc1.CCc1ccc(CC2CCC(Cc3ccc(S(C)=PP(P)P(P)P)cc3)CC2)cc1. The van der Waals surface area contributed by atoms with Gasteiger partial charge in [0, 0.05) is 23.8 Å². The standard InChI is InChI=1S/C30H48P6S.C23H36P6S.3CH4/c1-3-23-4-6-24(7-5-23)20-25-8-10-26(11-9-25)21-27-12-14-28(15-13-27)22-29-16-18-30(19-17-29)37(2)34-36(33)35(31)32;1-3-18-4-6-19(7-5-18)16-20-8-10-21(11-9-20)17-22-12-14-23(15-13-22)30(2)27-29(26)28(24)25;;;/h4-7,16-19,25-28H,3,8-15,20-22,31-33H2,1-2H3;4-7,12-15,20-21H,3,8-11,16-17,24-26H2,1-2H3;3*1H4. The highest BCUT2D eigenvalue weighted by Gasteiger charge is 2.28. The number of hydrogen-bond donors (Lipinski definition) is 0. The highest BCUT2D eigenvalue weighted by Crippen LogP contribution is 2.89. The molecular weight excluding hydrogens is 1110 g/mol. The van der Waals surface area contributed by atoms with Crippen molar-refractivity contribution in [2.45, 2.75) is 168 Å². The molecule has 3 fully saturated rings. The zero-order valence-electron chi connectivity index (χ0n) is 41.1. The van der Waals surface area contributed by atoms with Crippen molar-refractivity contribution < 1.29 is 0 Å². The average molecular weight is 1210 g/mol. The van der Waals surface area contributed by atoms with Crippen molar-refractivity contribution in [3.63, 3.8) is 0 Å². The Morgan fingerprint density at radius 2 is 0.586 bits per heavy atom. The average Bonchev–Trinajstić information content (AvgIpc) is 3.34. The Balaban J connectivity index is 0.000000362. The second-order valence-corrected chi connectivity index (χ2v) is 66.7. The smallest absolute Gasteiger partial charge is 0.00564 e. The second kappa shape index (κ2) is 35.9. The Morgan fingerprint density at radius 1 is 0.371 bits per heavy atom. The van der Waals surface area contributed by atoms with Gasteiger partial charge in [-0.2, -0.15) is 0 Å². The van der Waals surface area contributed by atoms with Gasteiger partial charge in [-0.3, -0.25) is 0 Å². The lowest BCUT2D eigenvalue weighted by molar-refractivity contribution is 0.191. The van der Waals surface area contributed by atoms with Crippen LogP contribution in [0.5, 0.6) is 0 Å². The van der Waals surface area contributed by atoms with Gasteiger partial charge in [-0.15, -0.1) is 55.9 Å². The predicted molar refractivity (Wildman–Crippen MR) is 363 cm³/mol. The molecule has 0 radical (unpaired) electrons. The molecule has 0 nitrogen and oxygen atoms in total. The number of rotatable bonds is 18. The molecule has 3 saturated carbocycles. The van der Waals surface area contributed by atoms with Gasteiger partial charge in [0.1, 0.15) is 0 Å². The maximum atomic E-state index is 3.11. The summed E-state index contributed by atoms with van der Waals surface area (Å²) >= 11 is 0. The van der Waals surface area contributed by atoms with E-state index < -0.39 is 0 Å². The number of hydrogen-bond acceptors (Lipinski definition) is 0. The van der Waals surface area contributed by atoms with Crippen LogP contribution in [-0.2, 0) is 58.7 Å². The minimum atomic E-state index is 0. The zero-order valence-corrected chi connectivity index (χ0v) is 55.0. The molecule has 10 atom stereocenters. The van der Waals surface area contributed by atoms with Crippen molar-refractivity contribution in [2.75, 3.05) is 12.5 Å². The molecule has 0 spiro atoms. The molecule has 0 bridgehead atoms. The molecule has 7 rings (SSSR count). The van der Waals surface area contributed by atoms with Crippen molar-refractivity contribution >= 4 is 116 Å². The van der Waals surface area contributed by atoms with Gasteiger partial charge < -0.3 is 0 Å². The van der Waals surface area contributed by atoms with E-state index in [9.17, 15) is 0 Å². The van der Waals surface area contributed by atoms with Gasteiger partial charge in [0.05, 0.1) is 0 Å². The van der Waals surface area contributed by atoms with Crippen molar-refractivity contribution in [3.8, 4) is 0 Å². The van der Waals surface area contributed by atoms with E-state index in [1.54, 1.807) is 35.7 Å². The summed E-state index contributed by atoms with van der Waals surface area (Å²) in [6, 6.07) is 38.1. The van der Waals surface area contributed by atoms with Crippen LogP contribution in [0.1, 0.15) is 153 Å². The molecule has 0 aliphatic heterocycles. The minimum absolute atomic E-state index is 0. The summed E-state index contributed by atoms with van der Waals surface area (Å²) in [6.45, 7) is 4.62. The van der Waals surface area contributed by atoms with E-state index in [-0.39, 0.29) is 50.2 Å². The first kappa shape index (κ1) is 66.8. The molecule has 0 heterocycles. The molecule has 0 amide bonds. The maximum Gasteiger partial charge on any atom is 0.00564 e. The van der Waals surface area contributed by atoms with Crippen LogP contribution >= 0.6 is 95.6 Å². The molecule has 14 heteroatoms. The molecule has 4 aromatic carbocycles. The quantitative estimate of drug-likeness (QED) is 0.0871. The van der Waals surface area contributed by atoms with Gasteiger partial charge in [0.2, 0.25) is 0 Å². The summed E-state index contributed by atoms with van der Waals surface area (Å²) in [5, 5.41) is 0. The lowest BCUT2D eigenvalue weighted by Gasteiger charge is -2.34. The van der Waals surface area contributed by atoms with Crippen LogP contribution in [0.25, 0.3) is 0 Å². The summed E-state index contributed by atoms with van der Waals surface area (Å²) in [6.07, 6.45) is 31.1. The van der Waals surface area contributed by atoms with Gasteiger partial charge in [-0.1, -0.05) is 152 Å². The van der Waals surface area contributed by atoms with Gasteiger partial charge >= 0.3 is 0 Å². The second-order valence-electron chi connectivity index (χ2n) is 19.9. The molecule has 0 aromatic heterocycles. The van der Waals surface area contributed by atoms with E-state index in [0.29, 0.717) is 20.1 Å². The van der Waals surface area contributed by atoms with Crippen molar-refractivity contribution in [2.24, 2.45) is 35.5 Å². The highest BCUT2D eigenvalue weighted by atomic mass is 33.0. The van der Waals surface area contributed by atoms with Crippen LogP contribution in [0.2, 0.25) is 0 Å². The van der Waals surface area contributed by atoms with E-state index in [1.165, 1.54) is 131 Å². The lowest BCUT2D eigenvalue weighted by Crippen LogP contribution is -2.22. The highest BCUT2D eigenvalue weighted by molar-refractivity contribution is 8.97. The largest absolute Gasteiger partial charge is 0.129 e. The van der Waals surface area contributed by atoms with Crippen LogP contribution < -0.4 is 0 Å². The first-order valence-corrected chi connectivity index (χ1v) is 49.3. The minimum Gasteiger partial charge on any atom is -0.129 e. The van der Waals surface area contributed by atoms with E-state index in [4.69, 9.17) is 0 Å². The monoisotopic (exact) mass is 1200 g/mol. The molecule has 3 aliphatic rings. The van der Waals surface area contributed by atoms with Crippen LogP contribution in [-0.4, -0.2) is 12.5 Å². The Bertz CT molecular complexity index is 2090.